The van der Waals surface area contributed by atoms with Gasteiger partial charge in [-0.2, -0.15) is 9.78 Å². The fraction of sp³-hybridized carbons (Fsp3) is 0.217. The van der Waals surface area contributed by atoms with E-state index in [2.05, 4.69) is 10.1 Å². The number of benzene rings is 2. The maximum absolute atomic E-state index is 13.0. The minimum atomic E-state index is -0.263. The molecule has 5 rings (SSSR count). The predicted octanol–water partition coefficient (Wildman–Crippen LogP) is 3.13. The van der Waals surface area contributed by atoms with Crippen molar-refractivity contribution in [3.63, 3.8) is 0 Å². The van der Waals surface area contributed by atoms with Gasteiger partial charge in [0.05, 0.1) is 16.7 Å². The number of H-pyrrole nitrogens is 1. The zero-order chi connectivity index (χ0) is 20.5. The van der Waals surface area contributed by atoms with Crippen LogP contribution < -0.4 is 5.56 Å². The number of imidazole rings is 1. The van der Waals surface area contributed by atoms with Gasteiger partial charge in [0, 0.05) is 25.1 Å². The number of aromatic nitrogens is 4. The van der Waals surface area contributed by atoms with Crippen LogP contribution in [-0.2, 0) is 0 Å². The standard InChI is InChI=1S/C23H21N5O2/c29-21-11-10-20(26-28(21)17-6-2-1-3-7-17)23(30)27-14-12-16(13-15-27)22-24-18-8-4-5-9-19(18)25-22/h1-11,16H,12-15H2,(H,24,25). The number of nitrogens with one attached hydrogen (secondary N) is 1. The number of fused-ring (bicyclic) bond motifs is 1. The van der Waals surface area contributed by atoms with Crippen LogP contribution in [0.4, 0.5) is 0 Å². The number of likely N-dealkylation sites (tertiary alicyclic amines) is 1. The fourth-order valence-electron chi connectivity index (χ4n) is 3.96. The maximum Gasteiger partial charge on any atom is 0.274 e. The van der Waals surface area contributed by atoms with Crippen LogP contribution in [0.2, 0.25) is 0 Å². The molecule has 1 amide bonds. The first-order valence-electron chi connectivity index (χ1n) is 10.1. The summed E-state index contributed by atoms with van der Waals surface area (Å²) in [5.41, 5.74) is 2.67. The molecule has 0 saturated carbocycles. The molecule has 0 spiro atoms. The van der Waals surface area contributed by atoms with Crippen molar-refractivity contribution < 1.29 is 4.79 Å². The first kappa shape index (κ1) is 18.3. The number of nitrogens with zero attached hydrogens (tertiary/aromatic N) is 4. The van der Waals surface area contributed by atoms with Crippen LogP contribution in [0.3, 0.4) is 0 Å². The van der Waals surface area contributed by atoms with E-state index in [0.29, 0.717) is 24.7 Å². The molecule has 7 heteroatoms. The molecule has 0 bridgehead atoms. The van der Waals surface area contributed by atoms with Crippen molar-refractivity contribution in [2.24, 2.45) is 0 Å². The molecule has 30 heavy (non-hydrogen) atoms. The van der Waals surface area contributed by atoms with Crippen LogP contribution in [0.15, 0.2) is 71.5 Å². The molecule has 1 fully saturated rings. The second kappa shape index (κ2) is 7.59. The van der Waals surface area contributed by atoms with Crippen molar-refractivity contribution in [1.29, 1.82) is 0 Å². The average molecular weight is 399 g/mol. The molecule has 0 atom stereocenters. The second-order valence-corrected chi connectivity index (χ2v) is 7.51. The molecule has 0 unspecified atom stereocenters. The molecule has 4 aromatic rings. The highest BCUT2D eigenvalue weighted by molar-refractivity contribution is 5.92. The highest BCUT2D eigenvalue weighted by Crippen LogP contribution is 2.28. The fourth-order valence-corrected chi connectivity index (χ4v) is 3.96. The molecule has 2 aromatic heterocycles. The van der Waals surface area contributed by atoms with Crippen LogP contribution in [0.1, 0.15) is 35.1 Å². The van der Waals surface area contributed by atoms with E-state index in [1.54, 1.807) is 17.0 Å². The predicted molar refractivity (Wildman–Crippen MR) is 114 cm³/mol. The molecule has 7 nitrogen and oxygen atoms in total. The Morgan fingerprint density at radius 3 is 2.43 bits per heavy atom. The Labute approximate surface area is 173 Å². The Hall–Kier alpha value is -3.74. The van der Waals surface area contributed by atoms with Crippen molar-refractivity contribution in [1.82, 2.24) is 24.6 Å². The van der Waals surface area contributed by atoms with E-state index < -0.39 is 0 Å². The summed E-state index contributed by atoms with van der Waals surface area (Å²) in [7, 11) is 0. The van der Waals surface area contributed by atoms with Gasteiger partial charge in [-0.05, 0) is 43.2 Å². The third kappa shape index (κ3) is 3.39. The van der Waals surface area contributed by atoms with Crippen molar-refractivity contribution in [2.75, 3.05) is 13.1 Å². The lowest BCUT2D eigenvalue weighted by Crippen LogP contribution is -2.39. The summed E-state index contributed by atoms with van der Waals surface area (Å²) in [4.78, 5) is 35.1. The van der Waals surface area contributed by atoms with Crippen LogP contribution in [0, 0.1) is 0 Å². The summed E-state index contributed by atoms with van der Waals surface area (Å²) < 4.78 is 1.27. The molecular weight excluding hydrogens is 378 g/mol. The zero-order valence-corrected chi connectivity index (χ0v) is 16.4. The van der Waals surface area contributed by atoms with Crippen LogP contribution in [0.25, 0.3) is 16.7 Å². The van der Waals surface area contributed by atoms with E-state index in [4.69, 9.17) is 4.98 Å². The van der Waals surface area contributed by atoms with Crippen LogP contribution in [-0.4, -0.2) is 43.6 Å². The summed E-state index contributed by atoms with van der Waals surface area (Å²) in [5, 5.41) is 4.32. The molecule has 1 saturated heterocycles. The molecule has 1 N–H and O–H groups in total. The number of hydrogen-bond donors (Lipinski definition) is 1. The van der Waals surface area contributed by atoms with E-state index in [9.17, 15) is 9.59 Å². The first-order valence-corrected chi connectivity index (χ1v) is 10.1. The average Bonchev–Trinajstić information content (AvgIpc) is 3.24. The van der Waals surface area contributed by atoms with Crippen LogP contribution >= 0.6 is 0 Å². The van der Waals surface area contributed by atoms with Crippen molar-refractivity contribution in [2.45, 2.75) is 18.8 Å². The van der Waals surface area contributed by atoms with Gasteiger partial charge in [-0.3, -0.25) is 9.59 Å². The van der Waals surface area contributed by atoms with E-state index in [1.165, 1.54) is 16.8 Å². The molecule has 3 heterocycles. The second-order valence-electron chi connectivity index (χ2n) is 7.51. The number of aromatic amines is 1. The third-order valence-electron chi connectivity index (χ3n) is 5.60. The highest BCUT2D eigenvalue weighted by Gasteiger charge is 2.27. The number of rotatable bonds is 3. The minimum absolute atomic E-state index is 0.150. The summed E-state index contributed by atoms with van der Waals surface area (Å²) >= 11 is 0. The van der Waals surface area contributed by atoms with Gasteiger partial charge in [0.15, 0.2) is 0 Å². The summed E-state index contributed by atoms with van der Waals surface area (Å²) in [6.45, 7) is 1.26. The lowest BCUT2D eigenvalue weighted by atomic mass is 9.96. The van der Waals surface area contributed by atoms with Gasteiger partial charge in [0.25, 0.3) is 11.5 Å². The van der Waals surface area contributed by atoms with E-state index in [1.807, 2.05) is 42.5 Å². The Morgan fingerprint density at radius 1 is 0.933 bits per heavy atom. The number of para-hydroxylation sites is 3. The van der Waals surface area contributed by atoms with Gasteiger partial charge in [0.2, 0.25) is 0 Å². The van der Waals surface area contributed by atoms with E-state index >= 15 is 0 Å². The van der Waals surface area contributed by atoms with Crippen molar-refractivity contribution in [3.8, 4) is 5.69 Å². The summed E-state index contributed by atoms with van der Waals surface area (Å²) in [6, 6.07) is 20.0. The molecule has 2 aromatic carbocycles. The van der Waals surface area contributed by atoms with Gasteiger partial charge >= 0.3 is 0 Å². The number of piperidine rings is 1. The molecule has 0 radical (unpaired) electrons. The van der Waals surface area contributed by atoms with Gasteiger partial charge < -0.3 is 9.88 Å². The summed E-state index contributed by atoms with van der Waals surface area (Å²) in [5.74, 6) is 1.13. The Bertz CT molecular complexity index is 1220. The number of amides is 1. The van der Waals surface area contributed by atoms with Gasteiger partial charge in [-0.15, -0.1) is 0 Å². The monoisotopic (exact) mass is 399 g/mol. The van der Waals surface area contributed by atoms with E-state index in [0.717, 1.165) is 29.7 Å². The van der Waals surface area contributed by atoms with Crippen molar-refractivity contribution >= 4 is 16.9 Å². The molecular formula is C23H21N5O2. The number of carbonyl (C=O) groups excluding carboxylic acids is 1. The quantitative estimate of drug-likeness (QED) is 0.574. The van der Waals surface area contributed by atoms with Gasteiger partial charge in [-0.1, -0.05) is 30.3 Å². The normalized spacial score (nSPS) is 14.9. The number of carbonyl (C=O) groups is 1. The zero-order valence-electron chi connectivity index (χ0n) is 16.4. The lowest BCUT2D eigenvalue weighted by molar-refractivity contribution is 0.0703. The lowest BCUT2D eigenvalue weighted by Gasteiger charge is -2.31. The maximum atomic E-state index is 13.0. The Balaban J connectivity index is 1.32. The SMILES string of the molecule is O=C(c1ccc(=O)n(-c2ccccc2)n1)N1CCC(c2nc3ccccc3[nH]2)CC1. The highest BCUT2D eigenvalue weighted by atomic mass is 16.2. The molecule has 0 aliphatic carbocycles. The molecule has 1 aliphatic heterocycles. The Kier molecular flexibility index (Phi) is 4.63. The smallest absolute Gasteiger partial charge is 0.274 e. The van der Waals surface area contributed by atoms with E-state index in [-0.39, 0.29) is 17.2 Å². The topological polar surface area (TPSA) is 83.9 Å². The van der Waals surface area contributed by atoms with Gasteiger partial charge in [-0.25, -0.2) is 4.98 Å². The summed E-state index contributed by atoms with van der Waals surface area (Å²) in [6.07, 6.45) is 1.67. The number of hydrogen-bond acceptors (Lipinski definition) is 4. The van der Waals surface area contributed by atoms with Crippen LogP contribution in [0.5, 0.6) is 0 Å². The third-order valence-corrected chi connectivity index (χ3v) is 5.60. The van der Waals surface area contributed by atoms with Gasteiger partial charge in [0.1, 0.15) is 11.5 Å². The Morgan fingerprint density at radius 2 is 1.67 bits per heavy atom. The minimum Gasteiger partial charge on any atom is -0.342 e. The van der Waals surface area contributed by atoms with Crippen molar-refractivity contribution in [3.05, 3.63) is 88.6 Å². The molecule has 1 aliphatic rings. The molecule has 150 valence electrons. The largest absolute Gasteiger partial charge is 0.342 e. The first-order chi connectivity index (χ1) is 14.7.